The number of methoxy groups -OCH3 is 1. The fraction of sp³-hybridized carbons (Fsp3) is 0.0714. The van der Waals surface area contributed by atoms with Crippen LogP contribution in [0, 0.1) is 10.1 Å². The van der Waals surface area contributed by atoms with E-state index in [0.29, 0.717) is 0 Å². The molecule has 0 unspecified atom stereocenters. The number of nitro benzene ring substituents is 1. The van der Waals surface area contributed by atoms with E-state index in [4.69, 9.17) is 4.74 Å². The largest absolute Gasteiger partial charge is 0.504 e. The standard InChI is InChI=1S/C14H12N4O5/c1-23-12-7-10(18(21)22)6-9(13(12)19)8-16-17-14(20)11-4-2-3-5-15-11/h2-8,19H,1H3,(H,17,20). The van der Waals surface area contributed by atoms with Gasteiger partial charge in [0.25, 0.3) is 11.6 Å². The Morgan fingerprint density at radius 3 is 2.87 bits per heavy atom. The Labute approximate surface area is 130 Å². The monoisotopic (exact) mass is 316 g/mol. The molecule has 9 nitrogen and oxygen atoms in total. The summed E-state index contributed by atoms with van der Waals surface area (Å²) in [5, 5.41) is 24.4. The zero-order chi connectivity index (χ0) is 16.8. The van der Waals surface area contributed by atoms with Gasteiger partial charge in [0.1, 0.15) is 5.69 Å². The summed E-state index contributed by atoms with van der Waals surface area (Å²) in [5.74, 6) is -0.954. The van der Waals surface area contributed by atoms with Crippen LogP contribution in [0.4, 0.5) is 5.69 Å². The van der Waals surface area contributed by atoms with Crippen LogP contribution in [0.25, 0.3) is 0 Å². The highest BCUT2D eigenvalue weighted by Gasteiger charge is 2.15. The Balaban J connectivity index is 2.20. The molecule has 0 fully saturated rings. The Bertz CT molecular complexity index is 761. The van der Waals surface area contributed by atoms with Crippen LogP contribution in [0.2, 0.25) is 0 Å². The number of hydrazone groups is 1. The number of aromatic hydroxyl groups is 1. The topological polar surface area (TPSA) is 127 Å². The Hall–Kier alpha value is -3.49. The molecule has 1 aromatic heterocycles. The normalized spacial score (nSPS) is 10.5. The smallest absolute Gasteiger partial charge is 0.289 e. The van der Waals surface area contributed by atoms with E-state index in [1.54, 1.807) is 12.1 Å². The van der Waals surface area contributed by atoms with E-state index in [1.165, 1.54) is 19.4 Å². The third-order valence-corrected chi connectivity index (χ3v) is 2.79. The van der Waals surface area contributed by atoms with Crippen molar-refractivity contribution in [2.75, 3.05) is 7.11 Å². The lowest BCUT2D eigenvalue weighted by atomic mass is 10.2. The molecular formula is C14H12N4O5. The molecule has 0 aliphatic heterocycles. The van der Waals surface area contributed by atoms with Crippen LogP contribution in [-0.2, 0) is 0 Å². The first-order valence-electron chi connectivity index (χ1n) is 6.32. The number of nitro groups is 1. The molecule has 2 N–H and O–H groups in total. The van der Waals surface area contributed by atoms with E-state index in [1.807, 2.05) is 0 Å². The van der Waals surface area contributed by atoms with Gasteiger partial charge in [0.15, 0.2) is 11.5 Å². The number of amides is 1. The van der Waals surface area contributed by atoms with Crippen molar-refractivity contribution >= 4 is 17.8 Å². The first kappa shape index (κ1) is 15.9. The number of nitrogens with one attached hydrogen (secondary N) is 1. The lowest BCUT2D eigenvalue weighted by Crippen LogP contribution is -2.18. The molecule has 1 aromatic carbocycles. The summed E-state index contributed by atoms with van der Waals surface area (Å²) in [6, 6.07) is 6.99. The maximum Gasteiger partial charge on any atom is 0.289 e. The second-order valence-electron chi connectivity index (χ2n) is 4.26. The van der Waals surface area contributed by atoms with Crippen molar-refractivity contribution in [2.24, 2.45) is 5.10 Å². The minimum atomic E-state index is -0.633. The Morgan fingerprint density at radius 1 is 1.48 bits per heavy atom. The fourth-order valence-electron chi connectivity index (χ4n) is 1.69. The van der Waals surface area contributed by atoms with Crippen molar-refractivity contribution in [1.29, 1.82) is 0 Å². The summed E-state index contributed by atoms with van der Waals surface area (Å²) < 4.78 is 4.86. The number of benzene rings is 1. The lowest BCUT2D eigenvalue weighted by molar-refractivity contribution is -0.385. The van der Waals surface area contributed by atoms with E-state index >= 15 is 0 Å². The van der Waals surface area contributed by atoms with Gasteiger partial charge in [0.2, 0.25) is 0 Å². The summed E-state index contributed by atoms with van der Waals surface area (Å²) in [4.78, 5) is 25.8. The predicted octanol–water partition coefficient (Wildman–Crippen LogP) is 1.47. The molecular weight excluding hydrogens is 304 g/mol. The van der Waals surface area contributed by atoms with Crippen LogP contribution < -0.4 is 10.2 Å². The summed E-state index contributed by atoms with van der Waals surface area (Å²) in [7, 11) is 1.27. The number of phenolic OH excluding ortho intramolecular Hbond substituents is 1. The van der Waals surface area contributed by atoms with Gasteiger partial charge in [-0.3, -0.25) is 19.9 Å². The first-order valence-corrected chi connectivity index (χ1v) is 6.32. The molecule has 0 radical (unpaired) electrons. The van der Waals surface area contributed by atoms with Crippen molar-refractivity contribution < 1.29 is 19.6 Å². The fourth-order valence-corrected chi connectivity index (χ4v) is 1.69. The summed E-state index contributed by atoms with van der Waals surface area (Å²) in [5.41, 5.74) is 2.11. The van der Waals surface area contributed by atoms with Crippen molar-refractivity contribution in [1.82, 2.24) is 10.4 Å². The van der Waals surface area contributed by atoms with Crippen molar-refractivity contribution in [2.45, 2.75) is 0 Å². The highest BCUT2D eigenvalue weighted by atomic mass is 16.6. The molecule has 1 heterocycles. The molecule has 0 bridgehead atoms. The Kier molecular flexibility index (Phi) is 4.82. The van der Waals surface area contributed by atoms with Crippen LogP contribution in [0.3, 0.4) is 0 Å². The van der Waals surface area contributed by atoms with Gasteiger partial charge in [0.05, 0.1) is 24.3 Å². The third kappa shape index (κ3) is 3.79. The number of phenols is 1. The third-order valence-electron chi connectivity index (χ3n) is 2.79. The van der Waals surface area contributed by atoms with Gasteiger partial charge in [-0.2, -0.15) is 5.10 Å². The molecule has 1 amide bonds. The number of pyridine rings is 1. The molecule has 23 heavy (non-hydrogen) atoms. The molecule has 0 spiro atoms. The van der Waals surface area contributed by atoms with Crippen LogP contribution in [0.1, 0.15) is 16.1 Å². The van der Waals surface area contributed by atoms with Crippen LogP contribution in [-0.4, -0.2) is 34.2 Å². The summed E-state index contributed by atoms with van der Waals surface area (Å²) in [6.45, 7) is 0. The molecule has 2 rings (SSSR count). The van der Waals surface area contributed by atoms with E-state index in [0.717, 1.165) is 18.3 Å². The number of hydrogen-bond acceptors (Lipinski definition) is 7. The van der Waals surface area contributed by atoms with Crippen molar-refractivity contribution in [3.8, 4) is 11.5 Å². The van der Waals surface area contributed by atoms with Gasteiger partial charge in [-0.25, -0.2) is 5.43 Å². The van der Waals surface area contributed by atoms with Crippen LogP contribution >= 0.6 is 0 Å². The average molecular weight is 316 g/mol. The van der Waals surface area contributed by atoms with Crippen LogP contribution in [0.5, 0.6) is 11.5 Å². The van der Waals surface area contributed by atoms with E-state index in [9.17, 15) is 20.0 Å². The van der Waals surface area contributed by atoms with E-state index in [2.05, 4.69) is 15.5 Å². The van der Waals surface area contributed by atoms with E-state index < -0.39 is 10.8 Å². The van der Waals surface area contributed by atoms with E-state index in [-0.39, 0.29) is 28.4 Å². The maximum atomic E-state index is 11.7. The number of non-ortho nitro benzene ring substituents is 1. The molecule has 0 saturated heterocycles. The number of nitrogens with zero attached hydrogens (tertiary/aromatic N) is 3. The highest BCUT2D eigenvalue weighted by molar-refractivity contribution is 5.93. The molecule has 0 aliphatic carbocycles. The molecule has 118 valence electrons. The van der Waals surface area contributed by atoms with Crippen molar-refractivity contribution in [3.05, 3.63) is 57.9 Å². The van der Waals surface area contributed by atoms with Gasteiger partial charge >= 0.3 is 0 Å². The quantitative estimate of drug-likeness (QED) is 0.488. The van der Waals surface area contributed by atoms with Gasteiger partial charge in [-0.1, -0.05) is 6.07 Å². The number of ether oxygens (including phenoxy) is 1. The second-order valence-corrected chi connectivity index (χ2v) is 4.26. The molecule has 0 atom stereocenters. The van der Waals surface area contributed by atoms with Crippen molar-refractivity contribution in [3.63, 3.8) is 0 Å². The minimum Gasteiger partial charge on any atom is -0.504 e. The Morgan fingerprint density at radius 2 is 2.26 bits per heavy atom. The van der Waals surface area contributed by atoms with Gasteiger partial charge in [-0.05, 0) is 12.1 Å². The maximum absolute atomic E-state index is 11.7. The summed E-state index contributed by atoms with van der Waals surface area (Å²) in [6.07, 6.45) is 2.53. The SMILES string of the molecule is COc1cc([N+](=O)[O-])cc(C=NNC(=O)c2ccccn2)c1O. The molecule has 0 aliphatic rings. The van der Waals surface area contributed by atoms with Gasteiger partial charge in [-0.15, -0.1) is 0 Å². The number of carbonyl (C=O) groups is 1. The van der Waals surface area contributed by atoms with Crippen LogP contribution in [0.15, 0.2) is 41.6 Å². The zero-order valence-electron chi connectivity index (χ0n) is 12.0. The lowest BCUT2D eigenvalue weighted by Gasteiger charge is -2.05. The predicted molar refractivity (Wildman–Crippen MR) is 80.6 cm³/mol. The molecule has 9 heteroatoms. The minimum absolute atomic E-state index is 0.0253. The second kappa shape index (κ2) is 6.98. The van der Waals surface area contributed by atoms with Gasteiger partial charge < -0.3 is 9.84 Å². The zero-order valence-corrected chi connectivity index (χ0v) is 12.0. The number of carbonyl (C=O) groups excluding carboxylic acids is 1. The average Bonchev–Trinajstić information content (AvgIpc) is 2.56. The first-order chi connectivity index (χ1) is 11.0. The number of hydrogen-bond donors (Lipinski definition) is 2. The summed E-state index contributed by atoms with van der Waals surface area (Å²) >= 11 is 0. The number of rotatable bonds is 5. The number of aromatic nitrogens is 1. The molecule has 0 saturated carbocycles. The van der Waals surface area contributed by atoms with Gasteiger partial charge in [0, 0.05) is 17.8 Å². The highest BCUT2D eigenvalue weighted by Crippen LogP contribution is 2.33. The molecule has 2 aromatic rings.